The lowest BCUT2D eigenvalue weighted by Gasteiger charge is -2.30. The van der Waals surface area contributed by atoms with Gasteiger partial charge in [-0.15, -0.1) is 0 Å². The number of ether oxygens (including phenoxy) is 1. The van der Waals surface area contributed by atoms with E-state index in [9.17, 15) is 4.79 Å². The molecule has 8 aromatic rings. The average Bonchev–Trinajstić information content (AvgIpc) is 4.15. The number of carbonyl (C=O) groups excluding carboxylic acids is 1. The fraction of sp³-hybridized carbons (Fsp3) is 0.0545. The summed E-state index contributed by atoms with van der Waals surface area (Å²) in [4.78, 5) is 18.3. The predicted molar refractivity (Wildman–Crippen MR) is 241 cm³/mol. The second-order valence-electron chi connectivity index (χ2n) is 16.6. The van der Waals surface area contributed by atoms with Gasteiger partial charge in [-0.2, -0.15) is 0 Å². The lowest BCUT2D eigenvalue weighted by atomic mass is 9.70. The van der Waals surface area contributed by atoms with Gasteiger partial charge in [-0.05, 0) is 91.0 Å². The minimum absolute atomic E-state index is 0.345. The van der Waals surface area contributed by atoms with Crippen molar-refractivity contribution in [2.45, 2.75) is 10.8 Å². The number of rotatable bonds is 4. The molecule has 292 valence electrons. The molecule has 5 aliphatic rings. The van der Waals surface area contributed by atoms with Crippen LogP contribution < -0.4 is 0 Å². The highest BCUT2D eigenvalue weighted by molar-refractivity contribution is 6.42. The van der Waals surface area contributed by atoms with E-state index < -0.39 is 24.2 Å². The molecule has 0 saturated heterocycles. The van der Waals surface area contributed by atoms with Crippen LogP contribution in [-0.2, 0) is 15.6 Å². The molecule has 7 heteroatoms. The van der Waals surface area contributed by atoms with Crippen LogP contribution in [0.25, 0.3) is 39.1 Å². The van der Waals surface area contributed by atoms with E-state index in [0.717, 1.165) is 61.4 Å². The molecular formula is C55H33BF2N2O2. The molecule has 0 fully saturated rings. The number of fused-ring (bicyclic) bond motifs is 20. The van der Waals surface area contributed by atoms with E-state index in [1.807, 2.05) is 66.7 Å². The number of esters is 1. The number of allylic oxidation sites excluding steroid dienone is 2. The molecule has 4 aliphatic carbocycles. The first kappa shape index (κ1) is 35.2. The van der Waals surface area contributed by atoms with Crippen LogP contribution in [-0.4, -0.2) is 30.7 Å². The maximum Gasteiger partial charge on any atom is 0.678 e. The Morgan fingerprint density at radius 3 is 1.45 bits per heavy atom. The van der Waals surface area contributed by atoms with E-state index in [1.54, 1.807) is 12.1 Å². The summed E-state index contributed by atoms with van der Waals surface area (Å²) in [5.41, 5.74) is 17.0. The zero-order chi connectivity index (χ0) is 41.5. The third-order valence-corrected chi connectivity index (χ3v) is 14.0. The van der Waals surface area contributed by atoms with Crippen LogP contribution in [0.15, 0.2) is 198 Å². The van der Waals surface area contributed by atoms with E-state index in [1.165, 1.54) is 33.8 Å². The summed E-state index contributed by atoms with van der Waals surface area (Å²) in [5, 5.41) is 0. The molecule has 2 spiro atoms. The summed E-state index contributed by atoms with van der Waals surface area (Å²) in [5.74, 6) is -0.479. The second kappa shape index (κ2) is 12.5. The van der Waals surface area contributed by atoms with Gasteiger partial charge >= 0.3 is 13.4 Å². The molecule has 0 unspecified atom stereocenters. The molecule has 0 N–H and O–H groups in total. The van der Waals surface area contributed by atoms with Crippen molar-refractivity contribution in [1.82, 2.24) is 4.48 Å². The van der Waals surface area contributed by atoms with Gasteiger partial charge in [0.2, 0.25) is 0 Å². The van der Waals surface area contributed by atoms with Gasteiger partial charge in [0.05, 0.1) is 34.9 Å². The van der Waals surface area contributed by atoms with Crippen molar-refractivity contribution in [2.75, 3.05) is 7.11 Å². The van der Waals surface area contributed by atoms with Gasteiger partial charge in [0.25, 0.3) is 0 Å². The maximum atomic E-state index is 16.5. The Hall–Kier alpha value is -7.64. The Bertz CT molecular complexity index is 3320. The van der Waals surface area contributed by atoms with Gasteiger partial charge in [-0.3, -0.25) is 8.63 Å². The zero-order valence-corrected chi connectivity index (χ0v) is 33.4. The number of nitrogens with zero attached hydrogens (tertiary/aromatic N) is 2. The minimum atomic E-state index is -2.91. The van der Waals surface area contributed by atoms with Crippen LogP contribution in [0.2, 0.25) is 0 Å². The van der Waals surface area contributed by atoms with Crippen molar-refractivity contribution in [2.24, 2.45) is 4.99 Å². The first-order valence-electron chi connectivity index (χ1n) is 20.8. The first-order chi connectivity index (χ1) is 30.5. The highest BCUT2D eigenvalue weighted by atomic mass is 19.2. The number of hydrogen-bond acceptors (Lipinski definition) is 3. The molecule has 7 aromatic carbocycles. The Morgan fingerprint density at radius 2 is 0.952 bits per heavy atom. The standard InChI is InChI=1S/C55H33BF2N2O2/c1-62-53(61)33-28-26-32(27-29-33)50(48-30-46-51(59-48)38-18-6-12-24-44(38)54(46)40-20-8-2-14-34(40)35-15-3-9-21-41(35)54)49-31-47-52(60(49)56(57)58)39-19-7-13-25-45(39)55(47)42-22-10-4-16-36(42)37-17-5-11-23-43(37)55/h2-31H,1H3/b50-48-. The third-order valence-electron chi connectivity index (χ3n) is 14.0. The molecule has 62 heavy (non-hydrogen) atoms. The van der Waals surface area contributed by atoms with E-state index in [4.69, 9.17) is 9.73 Å². The van der Waals surface area contributed by atoms with Crippen molar-refractivity contribution in [3.8, 4) is 33.5 Å². The van der Waals surface area contributed by atoms with Crippen molar-refractivity contribution < 1.29 is 18.2 Å². The summed E-state index contributed by atoms with van der Waals surface area (Å²) in [7, 11) is -1.56. The van der Waals surface area contributed by atoms with Gasteiger partial charge in [0.15, 0.2) is 0 Å². The Morgan fingerprint density at radius 1 is 0.532 bits per heavy atom. The molecule has 4 nitrogen and oxygen atoms in total. The monoisotopic (exact) mass is 802 g/mol. The van der Waals surface area contributed by atoms with Crippen LogP contribution in [0.4, 0.5) is 8.63 Å². The average molecular weight is 803 g/mol. The molecule has 0 bridgehead atoms. The number of halogens is 2. The highest BCUT2D eigenvalue weighted by Crippen LogP contribution is 2.65. The summed E-state index contributed by atoms with van der Waals surface area (Å²) in [6, 6.07) is 59.4. The van der Waals surface area contributed by atoms with E-state index in [0.29, 0.717) is 33.8 Å². The van der Waals surface area contributed by atoms with Crippen molar-refractivity contribution in [3.63, 3.8) is 0 Å². The minimum Gasteiger partial charge on any atom is -0.465 e. The first-order valence-corrected chi connectivity index (χ1v) is 20.8. The molecule has 13 rings (SSSR count). The molecule has 2 heterocycles. The molecule has 0 atom stereocenters. The maximum absolute atomic E-state index is 16.5. The number of aromatic nitrogens is 1. The molecule has 0 radical (unpaired) electrons. The fourth-order valence-electron chi connectivity index (χ4n) is 11.8. The summed E-state index contributed by atoms with van der Waals surface area (Å²) in [6.07, 6.45) is 2.13. The summed E-state index contributed by atoms with van der Waals surface area (Å²) < 4.78 is 39.3. The number of carbonyl (C=O) groups is 1. The summed E-state index contributed by atoms with van der Waals surface area (Å²) >= 11 is 0. The topological polar surface area (TPSA) is 43.6 Å². The number of methoxy groups -OCH3 is 1. The summed E-state index contributed by atoms with van der Waals surface area (Å²) in [6.45, 7) is 0. The van der Waals surface area contributed by atoms with Gasteiger partial charge in [-0.25, -0.2) is 9.79 Å². The molecule has 1 aliphatic heterocycles. The number of benzene rings is 7. The normalized spacial score (nSPS) is 16.4. The largest absolute Gasteiger partial charge is 0.678 e. The Labute approximate surface area is 357 Å². The van der Waals surface area contributed by atoms with Crippen LogP contribution in [0.5, 0.6) is 0 Å². The predicted octanol–water partition coefficient (Wildman–Crippen LogP) is 11.9. The van der Waals surface area contributed by atoms with Crippen molar-refractivity contribution in [3.05, 3.63) is 255 Å². The third kappa shape index (κ3) is 4.15. The molecular weight excluding hydrogens is 769 g/mol. The zero-order valence-electron chi connectivity index (χ0n) is 33.4. The van der Waals surface area contributed by atoms with Gasteiger partial charge in [-0.1, -0.05) is 158 Å². The van der Waals surface area contributed by atoms with Crippen molar-refractivity contribution >= 4 is 24.7 Å². The number of hydrogen-bond donors (Lipinski definition) is 0. The van der Waals surface area contributed by atoms with Crippen LogP contribution in [0.1, 0.15) is 66.1 Å². The van der Waals surface area contributed by atoms with Gasteiger partial charge in [0, 0.05) is 33.7 Å². The van der Waals surface area contributed by atoms with E-state index >= 15 is 8.63 Å². The lowest BCUT2D eigenvalue weighted by molar-refractivity contribution is 0.0600. The van der Waals surface area contributed by atoms with Crippen LogP contribution >= 0.6 is 0 Å². The fourth-order valence-corrected chi connectivity index (χ4v) is 11.8. The SMILES string of the molecule is COC(=O)c1ccc(/C(=C2\C=C3C(=N2)c2ccccc2C32c3ccccc3-c3ccccc32)c2cc3c(n2B(F)F)-c2ccccc2C32c3ccccc3-c3ccccc32)cc1. The Kier molecular flexibility index (Phi) is 7.07. The van der Waals surface area contributed by atoms with Gasteiger partial charge in [0.1, 0.15) is 0 Å². The smallest absolute Gasteiger partial charge is 0.465 e. The van der Waals surface area contributed by atoms with Gasteiger partial charge < -0.3 is 9.21 Å². The van der Waals surface area contributed by atoms with E-state index in [-0.39, 0.29) is 0 Å². The molecule has 1 aromatic heterocycles. The Balaban J connectivity index is 1.15. The van der Waals surface area contributed by atoms with Crippen LogP contribution in [0.3, 0.4) is 0 Å². The highest BCUT2D eigenvalue weighted by Gasteiger charge is 2.57. The second-order valence-corrected chi connectivity index (χ2v) is 16.6. The number of aliphatic imine (C=N–C) groups is 1. The quantitative estimate of drug-likeness (QED) is 0.131. The van der Waals surface area contributed by atoms with Crippen LogP contribution in [0, 0.1) is 0 Å². The van der Waals surface area contributed by atoms with Crippen molar-refractivity contribution in [1.29, 1.82) is 0 Å². The lowest BCUT2D eigenvalue weighted by Crippen LogP contribution is -2.26. The molecule has 0 amide bonds. The molecule has 0 saturated carbocycles. The van der Waals surface area contributed by atoms with E-state index in [2.05, 4.69) is 103 Å².